The van der Waals surface area contributed by atoms with E-state index in [9.17, 15) is 14.7 Å². The molecule has 1 aliphatic rings. The van der Waals surface area contributed by atoms with Crippen LogP contribution >= 0.6 is 15.9 Å². The van der Waals surface area contributed by atoms with E-state index in [4.69, 9.17) is 14.2 Å². The molecule has 1 aromatic carbocycles. The lowest BCUT2D eigenvalue weighted by Crippen LogP contribution is -2.40. The van der Waals surface area contributed by atoms with Crippen LogP contribution in [0.15, 0.2) is 22.7 Å². The summed E-state index contributed by atoms with van der Waals surface area (Å²) in [6.07, 6.45) is 1.39. The number of hydrogen-bond donors (Lipinski definition) is 1. The lowest BCUT2D eigenvalue weighted by Gasteiger charge is -2.35. The number of halogens is 1. The van der Waals surface area contributed by atoms with E-state index in [0.717, 1.165) is 4.47 Å². The van der Waals surface area contributed by atoms with E-state index in [2.05, 4.69) is 15.9 Å². The third kappa shape index (κ3) is 6.37. The number of carbonyl (C=O) groups excluding carboxylic acids is 1. The standard InChI is InChI=1S/C19H25BrO6/c1-19(2,3)26-18(23)12-9-15(10-12)25-7-6-24-11-13-8-14(20)4-5-16(13)17(21)22/h4-5,8,12,15H,6-7,9-11H2,1-3H3,(H,21,22). The summed E-state index contributed by atoms with van der Waals surface area (Å²) in [5.74, 6) is -1.22. The zero-order valence-electron chi connectivity index (χ0n) is 15.3. The van der Waals surface area contributed by atoms with Crippen LogP contribution in [0, 0.1) is 5.92 Å². The smallest absolute Gasteiger partial charge is 0.336 e. The summed E-state index contributed by atoms with van der Waals surface area (Å²) in [5.41, 5.74) is 0.381. The van der Waals surface area contributed by atoms with Crippen molar-refractivity contribution in [3.8, 4) is 0 Å². The van der Waals surface area contributed by atoms with Crippen molar-refractivity contribution in [3.63, 3.8) is 0 Å². The number of benzene rings is 1. The van der Waals surface area contributed by atoms with E-state index in [0.29, 0.717) is 31.6 Å². The van der Waals surface area contributed by atoms with Crippen LogP contribution in [-0.4, -0.2) is 42.0 Å². The molecule has 0 bridgehead atoms. The molecule has 0 unspecified atom stereocenters. The van der Waals surface area contributed by atoms with Crippen molar-refractivity contribution in [3.05, 3.63) is 33.8 Å². The van der Waals surface area contributed by atoms with Crippen molar-refractivity contribution in [2.45, 2.75) is 51.9 Å². The van der Waals surface area contributed by atoms with Gasteiger partial charge >= 0.3 is 11.9 Å². The molecule has 0 heterocycles. The monoisotopic (exact) mass is 428 g/mol. The van der Waals surface area contributed by atoms with Crippen LogP contribution in [0.5, 0.6) is 0 Å². The van der Waals surface area contributed by atoms with Gasteiger partial charge in [-0.25, -0.2) is 4.79 Å². The molecule has 0 aromatic heterocycles. The van der Waals surface area contributed by atoms with Crippen LogP contribution in [0.2, 0.25) is 0 Å². The lowest BCUT2D eigenvalue weighted by molar-refractivity contribution is -0.169. The second kappa shape index (κ2) is 8.97. The maximum absolute atomic E-state index is 11.9. The Morgan fingerprint density at radius 1 is 1.23 bits per heavy atom. The number of carboxylic acid groups (broad SMARTS) is 1. The minimum absolute atomic E-state index is 0.0524. The molecule has 0 radical (unpaired) electrons. The van der Waals surface area contributed by atoms with E-state index in [1.807, 2.05) is 20.8 Å². The minimum Gasteiger partial charge on any atom is -0.478 e. The van der Waals surface area contributed by atoms with Crippen molar-refractivity contribution >= 4 is 27.9 Å². The highest BCUT2D eigenvalue weighted by molar-refractivity contribution is 9.10. The van der Waals surface area contributed by atoms with Gasteiger partial charge in [-0.15, -0.1) is 0 Å². The predicted octanol–water partition coefficient (Wildman–Crippen LogP) is 3.80. The Kier molecular flexibility index (Phi) is 7.20. The summed E-state index contributed by atoms with van der Waals surface area (Å²) in [7, 11) is 0. The first-order valence-corrected chi connectivity index (χ1v) is 9.39. The molecule has 7 heteroatoms. The van der Waals surface area contributed by atoms with Gasteiger partial charge in [0.05, 0.1) is 37.4 Å². The van der Waals surface area contributed by atoms with Crippen LogP contribution in [-0.2, 0) is 25.6 Å². The zero-order valence-corrected chi connectivity index (χ0v) is 16.9. The Balaban J connectivity index is 1.64. The van der Waals surface area contributed by atoms with Gasteiger partial charge in [0.15, 0.2) is 0 Å². The molecule has 26 heavy (non-hydrogen) atoms. The highest BCUT2D eigenvalue weighted by Gasteiger charge is 2.37. The van der Waals surface area contributed by atoms with Gasteiger partial charge in [-0.3, -0.25) is 4.79 Å². The Morgan fingerprint density at radius 2 is 1.92 bits per heavy atom. The van der Waals surface area contributed by atoms with Gasteiger partial charge in [0.2, 0.25) is 0 Å². The van der Waals surface area contributed by atoms with Gasteiger partial charge in [0.1, 0.15) is 5.60 Å². The fourth-order valence-electron chi connectivity index (χ4n) is 2.63. The molecular formula is C19H25BrO6. The Morgan fingerprint density at radius 3 is 2.54 bits per heavy atom. The molecule has 0 aliphatic heterocycles. The van der Waals surface area contributed by atoms with Crippen LogP contribution in [0.1, 0.15) is 49.5 Å². The molecule has 2 rings (SSSR count). The van der Waals surface area contributed by atoms with Crippen molar-refractivity contribution < 1.29 is 28.9 Å². The number of rotatable bonds is 8. The molecule has 1 N–H and O–H groups in total. The SMILES string of the molecule is CC(C)(C)OC(=O)C1CC(OCCOCc2cc(Br)ccc2C(=O)O)C1. The summed E-state index contributed by atoms with van der Waals surface area (Å²) < 4.78 is 17.4. The van der Waals surface area contributed by atoms with E-state index >= 15 is 0 Å². The maximum atomic E-state index is 11.9. The largest absolute Gasteiger partial charge is 0.478 e. The quantitative estimate of drug-likeness (QED) is 0.500. The second-order valence-electron chi connectivity index (χ2n) is 7.35. The highest BCUT2D eigenvalue weighted by Crippen LogP contribution is 2.32. The zero-order chi connectivity index (χ0) is 19.3. The third-order valence-electron chi connectivity index (χ3n) is 3.97. The normalized spacial score (nSPS) is 19.7. The Bertz CT molecular complexity index is 646. The van der Waals surface area contributed by atoms with E-state index in [-0.39, 0.29) is 30.2 Å². The predicted molar refractivity (Wildman–Crippen MR) is 99.1 cm³/mol. The molecule has 1 aromatic rings. The van der Waals surface area contributed by atoms with Crippen molar-refractivity contribution in [2.75, 3.05) is 13.2 Å². The molecule has 0 atom stereocenters. The molecule has 1 aliphatic carbocycles. The van der Waals surface area contributed by atoms with Crippen LogP contribution in [0.25, 0.3) is 0 Å². The second-order valence-corrected chi connectivity index (χ2v) is 8.27. The van der Waals surface area contributed by atoms with Gasteiger partial charge in [-0.05, 0) is 57.4 Å². The van der Waals surface area contributed by atoms with Gasteiger partial charge < -0.3 is 19.3 Å². The lowest BCUT2D eigenvalue weighted by atomic mass is 9.82. The first kappa shape index (κ1) is 20.9. The summed E-state index contributed by atoms with van der Waals surface area (Å²) in [6, 6.07) is 4.97. The fraction of sp³-hybridized carbons (Fsp3) is 0.579. The minimum atomic E-state index is -0.977. The van der Waals surface area contributed by atoms with E-state index < -0.39 is 11.6 Å². The van der Waals surface area contributed by atoms with Crippen molar-refractivity contribution in [1.82, 2.24) is 0 Å². The average Bonchev–Trinajstić information content (AvgIpc) is 2.46. The summed E-state index contributed by atoms with van der Waals surface area (Å²) in [5, 5.41) is 9.18. The summed E-state index contributed by atoms with van der Waals surface area (Å²) in [4.78, 5) is 23.1. The summed E-state index contributed by atoms with van der Waals surface area (Å²) in [6.45, 7) is 6.54. The highest BCUT2D eigenvalue weighted by atomic mass is 79.9. The fourth-order valence-corrected chi connectivity index (χ4v) is 3.03. The molecule has 1 saturated carbocycles. The number of esters is 1. The average molecular weight is 429 g/mol. The Hall–Kier alpha value is -1.44. The molecule has 0 saturated heterocycles. The van der Waals surface area contributed by atoms with E-state index in [1.165, 1.54) is 0 Å². The van der Waals surface area contributed by atoms with Gasteiger partial charge in [-0.1, -0.05) is 15.9 Å². The van der Waals surface area contributed by atoms with Gasteiger partial charge in [-0.2, -0.15) is 0 Å². The van der Waals surface area contributed by atoms with E-state index in [1.54, 1.807) is 18.2 Å². The number of carbonyl (C=O) groups is 2. The molecule has 1 fully saturated rings. The topological polar surface area (TPSA) is 82.1 Å². The maximum Gasteiger partial charge on any atom is 0.336 e. The van der Waals surface area contributed by atoms with Crippen molar-refractivity contribution in [2.24, 2.45) is 5.92 Å². The number of carboxylic acids is 1. The van der Waals surface area contributed by atoms with Crippen LogP contribution < -0.4 is 0 Å². The molecule has 0 amide bonds. The first-order valence-electron chi connectivity index (χ1n) is 8.59. The van der Waals surface area contributed by atoms with Gasteiger partial charge in [0.25, 0.3) is 0 Å². The van der Waals surface area contributed by atoms with Crippen LogP contribution in [0.3, 0.4) is 0 Å². The van der Waals surface area contributed by atoms with Crippen molar-refractivity contribution in [1.29, 1.82) is 0 Å². The Labute approximate surface area is 161 Å². The van der Waals surface area contributed by atoms with Crippen LogP contribution in [0.4, 0.5) is 0 Å². The molecule has 0 spiro atoms. The molecule has 6 nitrogen and oxygen atoms in total. The third-order valence-corrected chi connectivity index (χ3v) is 4.46. The number of ether oxygens (including phenoxy) is 3. The molecular weight excluding hydrogens is 404 g/mol. The van der Waals surface area contributed by atoms with Gasteiger partial charge in [0, 0.05) is 4.47 Å². The summed E-state index contributed by atoms with van der Waals surface area (Å²) >= 11 is 3.33. The number of aromatic carboxylic acids is 1. The molecule has 144 valence electrons. The number of hydrogen-bond acceptors (Lipinski definition) is 5. The first-order chi connectivity index (χ1) is 12.2.